The molecule has 0 fully saturated rings. The zero-order valence-electron chi connectivity index (χ0n) is 10.1. The highest BCUT2D eigenvalue weighted by molar-refractivity contribution is 6.17. The Morgan fingerprint density at radius 3 is 2.47 bits per heavy atom. The van der Waals surface area contributed by atoms with E-state index < -0.39 is 5.91 Å². The number of benzene rings is 2. The summed E-state index contributed by atoms with van der Waals surface area (Å²) in [6.07, 6.45) is 0. The minimum Gasteiger partial charge on any atom is -0.366 e. The number of hydrogen-bond donors (Lipinski definition) is 1. The SMILES string of the molecule is C=C(C(N)=O)c1ccc(-c2ccc3cc2N=N3)cc1. The van der Waals surface area contributed by atoms with Crippen LogP contribution in [0.3, 0.4) is 0 Å². The fourth-order valence-electron chi connectivity index (χ4n) is 2.01. The van der Waals surface area contributed by atoms with Gasteiger partial charge in [-0.05, 0) is 29.3 Å². The zero-order chi connectivity index (χ0) is 13.4. The van der Waals surface area contributed by atoms with E-state index in [0.29, 0.717) is 5.57 Å². The van der Waals surface area contributed by atoms with Crippen LogP contribution in [0, 0.1) is 0 Å². The van der Waals surface area contributed by atoms with Crippen molar-refractivity contribution >= 4 is 22.9 Å². The van der Waals surface area contributed by atoms with Crippen LogP contribution in [0.25, 0.3) is 16.7 Å². The standard InChI is InChI=1S/C15H11N3O/c1-9(15(16)19)10-2-4-11(5-3-10)13-7-6-12-8-14(13)18-17-12/h2-8H,1H2,(H2,16,19). The molecule has 1 heterocycles. The highest BCUT2D eigenvalue weighted by Crippen LogP contribution is 2.38. The van der Waals surface area contributed by atoms with Gasteiger partial charge in [0.05, 0.1) is 11.4 Å². The normalized spacial score (nSPS) is 11.6. The molecular weight excluding hydrogens is 238 g/mol. The molecule has 0 unspecified atom stereocenters. The van der Waals surface area contributed by atoms with Crippen molar-refractivity contribution in [3.05, 3.63) is 54.6 Å². The third-order valence-corrected chi connectivity index (χ3v) is 3.10. The Balaban J connectivity index is 1.98. The van der Waals surface area contributed by atoms with Crippen molar-refractivity contribution in [1.82, 2.24) is 0 Å². The third kappa shape index (κ3) is 1.93. The Morgan fingerprint density at radius 1 is 1.05 bits per heavy atom. The molecule has 2 bridgehead atoms. The number of azo groups is 1. The Kier molecular flexibility index (Phi) is 2.49. The van der Waals surface area contributed by atoms with Crippen molar-refractivity contribution in [3.8, 4) is 11.1 Å². The van der Waals surface area contributed by atoms with Crippen molar-refractivity contribution in [3.63, 3.8) is 0 Å². The molecule has 92 valence electrons. The lowest BCUT2D eigenvalue weighted by atomic mass is 10.00. The fraction of sp³-hybridized carbons (Fsp3) is 0. The maximum atomic E-state index is 11.1. The zero-order valence-corrected chi connectivity index (χ0v) is 10.1. The van der Waals surface area contributed by atoms with Gasteiger partial charge < -0.3 is 5.73 Å². The van der Waals surface area contributed by atoms with E-state index in [1.165, 1.54) is 0 Å². The van der Waals surface area contributed by atoms with Crippen molar-refractivity contribution < 1.29 is 4.79 Å². The monoisotopic (exact) mass is 249 g/mol. The number of hydrogen-bond acceptors (Lipinski definition) is 3. The number of nitrogens with two attached hydrogens (primary N) is 1. The minimum absolute atomic E-state index is 0.311. The van der Waals surface area contributed by atoms with Gasteiger partial charge in [0.2, 0.25) is 5.91 Å². The molecule has 0 aliphatic carbocycles. The molecule has 19 heavy (non-hydrogen) atoms. The lowest BCUT2D eigenvalue weighted by Gasteiger charge is -2.05. The van der Waals surface area contributed by atoms with E-state index in [-0.39, 0.29) is 0 Å². The number of amides is 1. The number of carbonyl (C=O) groups is 1. The van der Waals surface area contributed by atoms with Gasteiger partial charge in [-0.3, -0.25) is 4.79 Å². The second-order valence-electron chi connectivity index (χ2n) is 4.32. The van der Waals surface area contributed by atoms with Gasteiger partial charge in [-0.15, -0.1) is 5.11 Å². The van der Waals surface area contributed by atoms with E-state index in [9.17, 15) is 4.79 Å². The van der Waals surface area contributed by atoms with Crippen molar-refractivity contribution in [2.75, 3.05) is 0 Å². The smallest absolute Gasteiger partial charge is 0.248 e. The first-order chi connectivity index (χ1) is 9.15. The van der Waals surface area contributed by atoms with Crippen LogP contribution in [0.4, 0.5) is 11.4 Å². The van der Waals surface area contributed by atoms with E-state index in [1.54, 1.807) is 0 Å². The van der Waals surface area contributed by atoms with Gasteiger partial charge >= 0.3 is 0 Å². The second kappa shape index (κ2) is 4.17. The topological polar surface area (TPSA) is 67.8 Å². The fourth-order valence-corrected chi connectivity index (χ4v) is 2.01. The van der Waals surface area contributed by atoms with Gasteiger partial charge in [-0.1, -0.05) is 30.8 Å². The molecule has 0 saturated heterocycles. The number of carbonyl (C=O) groups excluding carboxylic acids is 1. The van der Waals surface area contributed by atoms with Crippen molar-refractivity contribution in [2.24, 2.45) is 16.0 Å². The number of rotatable bonds is 3. The van der Waals surface area contributed by atoms with Crippen LogP contribution in [0.1, 0.15) is 5.56 Å². The third-order valence-electron chi connectivity index (χ3n) is 3.10. The molecule has 0 spiro atoms. The maximum absolute atomic E-state index is 11.1. The molecule has 2 aromatic carbocycles. The summed E-state index contributed by atoms with van der Waals surface area (Å²) in [5.74, 6) is -0.510. The van der Waals surface area contributed by atoms with Crippen LogP contribution < -0.4 is 5.73 Å². The largest absolute Gasteiger partial charge is 0.366 e. The summed E-state index contributed by atoms with van der Waals surface area (Å²) < 4.78 is 0. The van der Waals surface area contributed by atoms with Gasteiger partial charge in [-0.25, -0.2) is 0 Å². The maximum Gasteiger partial charge on any atom is 0.248 e. The van der Waals surface area contributed by atoms with Gasteiger partial charge in [0.25, 0.3) is 0 Å². The van der Waals surface area contributed by atoms with Crippen LogP contribution in [-0.2, 0) is 4.79 Å². The van der Waals surface area contributed by atoms with Gasteiger partial charge in [0.1, 0.15) is 0 Å². The quantitative estimate of drug-likeness (QED) is 0.708. The number of primary amides is 1. The predicted molar refractivity (Wildman–Crippen MR) is 74.3 cm³/mol. The molecule has 1 amide bonds. The Bertz CT molecular complexity index is 715. The second-order valence-corrected chi connectivity index (χ2v) is 4.32. The summed E-state index contributed by atoms with van der Waals surface area (Å²) in [5, 5.41) is 8.11. The molecular formula is C15H11N3O. The highest BCUT2D eigenvalue weighted by Gasteiger charge is 2.11. The molecule has 0 radical (unpaired) electrons. The van der Waals surface area contributed by atoms with Crippen molar-refractivity contribution in [2.45, 2.75) is 0 Å². The first kappa shape index (κ1) is 11.3. The average molecular weight is 249 g/mol. The first-order valence-electron chi connectivity index (χ1n) is 5.80. The molecule has 1 aliphatic rings. The molecule has 0 atom stereocenters. The number of fused-ring (bicyclic) bond motifs is 2. The van der Waals surface area contributed by atoms with Crippen LogP contribution in [0.15, 0.2) is 59.3 Å². The predicted octanol–water partition coefficient (Wildman–Crippen LogP) is 3.58. The Hall–Kier alpha value is -2.75. The van der Waals surface area contributed by atoms with E-state index in [4.69, 9.17) is 5.73 Å². The van der Waals surface area contributed by atoms with Gasteiger partial charge in [-0.2, -0.15) is 5.11 Å². The number of nitrogens with zero attached hydrogens (tertiary/aromatic N) is 2. The minimum atomic E-state index is -0.510. The van der Waals surface area contributed by atoms with Crippen LogP contribution in [0.5, 0.6) is 0 Å². The molecule has 3 rings (SSSR count). The van der Waals surface area contributed by atoms with E-state index in [0.717, 1.165) is 28.1 Å². The van der Waals surface area contributed by atoms with Crippen LogP contribution in [0.2, 0.25) is 0 Å². The summed E-state index contributed by atoms with van der Waals surface area (Å²) in [5.41, 5.74) is 10.0. The Morgan fingerprint density at radius 2 is 1.79 bits per heavy atom. The molecule has 0 aromatic heterocycles. The lowest BCUT2D eigenvalue weighted by molar-refractivity contribution is -0.112. The molecule has 4 nitrogen and oxygen atoms in total. The highest BCUT2D eigenvalue weighted by atomic mass is 16.1. The molecule has 1 aliphatic heterocycles. The van der Waals surface area contributed by atoms with E-state index >= 15 is 0 Å². The van der Waals surface area contributed by atoms with Gasteiger partial charge in [0.15, 0.2) is 0 Å². The molecule has 2 aromatic rings. The molecule has 0 saturated carbocycles. The first-order valence-corrected chi connectivity index (χ1v) is 5.80. The van der Waals surface area contributed by atoms with Gasteiger partial charge in [0, 0.05) is 11.1 Å². The Labute approximate surface area is 110 Å². The summed E-state index contributed by atoms with van der Waals surface area (Å²) in [4.78, 5) is 11.1. The summed E-state index contributed by atoms with van der Waals surface area (Å²) in [6.45, 7) is 3.66. The molecule has 4 heteroatoms. The average Bonchev–Trinajstić information content (AvgIpc) is 2.80. The summed E-state index contributed by atoms with van der Waals surface area (Å²) in [6, 6.07) is 13.3. The van der Waals surface area contributed by atoms with Crippen LogP contribution in [-0.4, -0.2) is 5.91 Å². The van der Waals surface area contributed by atoms with Crippen molar-refractivity contribution in [1.29, 1.82) is 0 Å². The summed E-state index contributed by atoms with van der Waals surface area (Å²) >= 11 is 0. The van der Waals surface area contributed by atoms with Crippen LogP contribution >= 0.6 is 0 Å². The van der Waals surface area contributed by atoms with E-state index in [2.05, 4.69) is 16.8 Å². The molecule has 2 N–H and O–H groups in total. The van der Waals surface area contributed by atoms with E-state index in [1.807, 2.05) is 42.5 Å². The lowest BCUT2D eigenvalue weighted by Crippen LogP contribution is -2.11. The summed E-state index contributed by atoms with van der Waals surface area (Å²) in [7, 11) is 0.